The van der Waals surface area contributed by atoms with Crippen LogP contribution in [0, 0.1) is 6.92 Å². The van der Waals surface area contributed by atoms with Crippen molar-refractivity contribution in [1.82, 2.24) is 9.97 Å². The molecule has 3 nitrogen and oxygen atoms in total. The van der Waals surface area contributed by atoms with E-state index in [9.17, 15) is 0 Å². The van der Waals surface area contributed by atoms with Crippen molar-refractivity contribution in [2.24, 2.45) is 0 Å². The number of halogens is 1. The molecular weight excluding hydrogens is 326 g/mol. The molecule has 3 rings (SSSR count). The normalized spacial score (nSPS) is 15.4. The van der Waals surface area contributed by atoms with E-state index < -0.39 is 0 Å². The van der Waals surface area contributed by atoms with E-state index in [0.29, 0.717) is 5.92 Å². The number of aromatic nitrogens is 2. The molecule has 1 fully saturated rings. The molecule has 1 heterocycles. The minimum atomic E-state index is 0.590. The lowest BCUT2D eigenvalue weighted by Gasteiger charge is -2.13. The molecule has 2 aromatic rings. The lowest BCUT2D eigenvalue weighted by molar-refractivity contribution is 0.696. The van der Waals surface area contributed by atoms with Crippen molar-refractivity contribution in [3.63, 3.8) is 0 Å². The fourth-order valence-electron chi connectivity index (χ4n) is 2.89. The first-order valence-electron chi connectivity index (χ1n) is 7.50. The summed E-state index contributed by atoms with van der Waals surface area (Å²) in [5, 5.41) is 3.16. The Morgan fingerprint density at radius 1 is 1.14 bits per heavy atom. The molecule has 1 saturated carbocycles. The topological polar surface area (TPSA) is 37.8 Å². The third-order valence-corrected chi connectivity index (χ3v) is 5.06. The van der Waals surface area contributed by atoms with Crippen molar-refractivity contribution < 1.29 is 0 Å². The van der Waals surface area contributed by atoms with Crippen LogP contribution in [0.5, 0.6) is 0 Å². The molecule has 1 N–H and O–H groups in total. The number of anilines is 1. The number of hydrogen-bond acceptors (Lipinski definition) is 3. The Bertz CT molecular complexity index is 648. The van der Waals surface area contributed by atoms with Crippen molar-refractivity contribution in [1.29, 1.82) is 0 Å². The number of benzene rings is 1. The zero-order valence-electron chi connectivity index (χ0n) is 12.5. The SMILES string of the molecule is CNc1cc(C2CCCC2)nc(-c2ccc(C)c(Br)c2)n1. The summed E-state index contributed by atoms with van der Waals surface area (Å²) in [5.41, 5.74) is 3.46. The maximum Gasteiger partial charge on any atom is 0.161 e. The van der Waals surface area contributed by atoms with Crippen LogP contribution in [-0.4, -0.2) is 17.0 Å². The molecular formula is C17H20BrN3. The fourth-order valence-corrected chi connectivity index (χ4v) is 3.26. The van der Waals surface area contributed by atoms with Gasteiger partial charge in [0.15, 0.2) is 5.82 Å². The van der Waals surface area contributed by atoms with E-state index in [1.54, 1.807) is 0 Å². The molecule has 0 radical (unpaired) electrons. The van der Waals surface area contributed by atoms with Crippen LogP contribution in [0.2, 0.25) is 0 Å². The second-order valence-corrected chi connectivity index (χ2v) is 6.55. The molecule has 1 aromatic heterocycles. The zero-order valence-corrected chi connectivity index (χ0v) is 14.1. The highest BCUT2D eigenvalue weighted by Gasteiger charge is 2.20. The monoisotopic (exact) mass is 345 g/mol. The van der Waals surface area contributed by atoms with Gasteiger partial charge >= 0.3 is 0 Å². The highest BCUT2D eigenvalue weighted by atomic mass is 79.9. The Kier molecular flexibility index (Phi) is 4.24. The van der Waals surface area contributed by atoms with E-state index in [0.717, 1.165) is 21.7 Å². The lowest BCUT2D eigenvalue weighted by atomic mass is 10.0. The molecule has 0 unspecified atom stereocenters. The van der Waals surface area contributed by atoms with Crippen LogP contribution in [0.3, 0.4) is 0 Å². The summed E-state index contributed by atoms with van der Waals surface area (Å²) in [5.74, 6) is 2.30. The number of nitrogens with one attached hydrogen (secondary N) is 1. The summed E-state index contributed by atoms with van der Waals surface area (Å²) >= 11 is 3.59. The van der Waals surface area contributed by atoms with Crippen LogP contribution in [0.15, 0.2) is 28.7 Å². The third-order valence-electron chi connectivity index (χ3n) is 4.21. The predicted molar refractivity (Wildman–Crippen MR) is 90.7 cm³/mol. The van der Waals surface area contributed by atoms with Gasteiger partial charge in [-0.15, -0.1) is 0 Å². The zero-order chi connectivity index (χ0) is 14.8. The average molecular weight is 346 g/mol. The van der Waals surface area contributed by atoms with Gasteiger partial charge in [-0.05, 0) is 31.4 Å². The summed E-state index contributed by atoms with van der Waals surface area (Å²) in [6.07, 6.45) is 5.12. The van der Waals surface area contributed by atoms with Gasteiger partial charge in [-0.2, -0.15) is 0 Å². The number of hydrogen-bond donors (Lipinski definition) is 1. The van der Waals surface area contributed by atoms with Gasteiger partial charge in [-0.25, -0.2) is 9.97 Å². The predicted octanol–water partition coefficient (Wildman–Crippen LogP) is 4.91. The van der Waals surface area contributed by atoms with Crippen molar-refractivity contribution in [2.75, 3.05) is 12.4 Å². The van der Waals surface area contributed by atoms with Gasteiger partial charge in [0, 0.05) is 34.8 Å². The van der Waals surface area contributed by atoms with E-state index >= 15 is 0 Å². The third kappa shape index (κ3) is 3.10. The maximum atomic E-state index is 4.83. The second kappa shape index (κ2) is 6.14. The standard InChI is InChI=1S/C17H20BrN3/c1-11-7-8-13(9-14(11)18)17-20-15(10-16(19-2)21-17)12-5-3-4-6-12/h7-10,12H,3-6H2,1-2H3,(H,19,20,21). The number of aryl methyl sites for hydroxylation is 1. The van der Waals surface area contributed by atoms with Crippen molar-refractivity contribution >= 4 is 21.7 Å². The molecule has 1 aromatic carbocycles. The lowest BCUT2D eigenvalue weighted by Crippen LogP contribution is -2.04. The average Bonchev–Trinajstić information content (AvgIpc) is 3.04. The summed E-state index contributed by atoms with van der Waals surface area (Å²) in [6.45, 7) is 2.09. The molecule has 0 saturated heterocycles. The van der Waals surface area contributed by atoms with E-state index in [2.05, 4.69) is 57.4 Å². The highest BCUT2D eigenvalue weighted by molar-refractivity contribution is 9.10. The Morgan fingerprint density at radius 3 is 2.57 bits per heavy atom. The Balaban J connectivity index is 2.04. The van der Waals surface area contributed by atoms with Gasteiger partial charge in [0.1, 0.15) is 5.82 Å². The van der Waals surface area contributed by atoms with Gasteiger partial charge in [0.2, 0.25) is 0 Å². The van der Waals surface area contributed by atoms with E-state index in [-0.39, 0.29) is 0 Å². The molecule has 4 heteroatoms. The largest absolute Gasteiger partial charge is 0.373 e. The Labute approximate surface area is 134 Å². The molecule has 1 aliphatic rings. The molecule has 0 bridgehead atoms. The smallest absolute Gasteiger partial charge is 0.161 e. The van der Waals surface area contributed by atoms with Crippen LogP contribution < -0.4 is 5.32 Å². The summed E-state index contributed by atoms with van der Waals surface area (Å²) in [4.78, 5) is 9.45. The molecule has 0 spiro atoms. The number of nitrogens with zero attached hydrogens (tertiary/aromatic N) is 2. The van der Waals surface area contributed by atoms with E-state index in [1.165, 1.54) is 36.9 Å². The van der Waals surface area contributed by atoms with Crippen molar-refractivity contribution in [3.05, 3.63) is 40.0 Å². The molecule has 110 valence electrons. The van der Waals surface area contributed by atoms with Crippen molar-refractivity contribution in [3.8, 4) is 11.4 Å². The molecule has 1 aliphatic carbocycles. The minimum Gasteiger partial charge on any atom is -0.373 e. The highest BCUT2D eigenvalue weighted by Crippen LogP contribution is 2.35. The van der Waals surface area contributed by atoms with Gasteiger partial charge in [0.05, 0.1) is 0 Å². The van der Waals surface area contributed by atoms with Gasteiger partial charge in [0.25, 0.3) is 0 Å². The molecule has 21 heavy (non-hydrogen) atoms. The van der Waals surface area contributed by atoms with Gasteiger partial charge in [-0.3, -0.25) is 0 Å². The van der Waals surface area contributed by atoms with E-state index in [4.69, 9.17) is 4.98 Å². The number of rotatable bonds is 3. The first-order chi connectivity index (χ1) is 10.2. The summed E-state index contributed by atoms with van der Waals surface area (Å²) in [6, 6.07) is 8.39. The molecule has 0 amide bonds. The summed E-state index contributed by atoms with van der Waals surface area (Å²) in [7, 11) is 1.91. The van der Waals surface area contributed by atoms with Crippen LogP contribution in [0.25, 0.3) is 11.4 Å². The quantitative estimate of drug-likeness (QED) is 0.858. The van der Waals surface area contributed by atoms with Crippen LogP contribution in [0.4, 0.5) is 5.82 Å². The van der Waals surface area contributed by atoms with Gasteiger partial charge < -0.3 is 5.32 Å². The summed E-state index contributed by atoms with van der Waals surface area (Å²) < 4.78 is 1.10. The minimum absolute atomic E-state index is 0.590. The van der Waals surface area contributed by atoms with Crippen LogP contribution in [0.1, 0.15) is 42.9 Å². The van der Waals surface area contributed by atoms with Crippen LogP contribution in [-0.2, 0) is 0 Å². The first-order valence-corrected chi connectivity index (χ1v) is 8.30. The van der Waals surface area contributed by atoms with Crippen molar-refractivity contribution in [2.45, 2.75) is 38.5 Å². The molecule has 0 aliphatic heterocycles. The first kappa shape index (κ1) is 14.5. The maximum absolute atomic E-state index is 4.83. The van der Waals surface area contributed by atoms with E-state index in [1.807, 2.05) is 7.05 Å². The van der Waals surface area contributed by atoms with Crippen LogP contribution >= 0.6 is 15.9 Å². The Morgan fingerprint density at radius 2 is 1.90 bits per heavy atom. The Hall–Kier alpha value is -1.42. The second-order valence-electron chi connectivity index (χ2n) is 5.70. The van der Waals surface area contributed by atoms with Gasteiger partial charge in [-0.1, -0.05) is 40.9 Å². The molecule has 0 atom stereocenters. The fraction of sp³-hybridized carbons (Fsp3) is 0.412.